The molecule has 3 N–H and O–H groups in total. The second-order valence-corrected chi connectivity index (χ2v) is 7.19. The third-order valence-corrected chi connectivity index (χ3v) is 4.58. The molecular weight excluding hydrogens is 364 g/mol. The maximum absolute atomic E-state index is 13.8. The zero-order valence-electron chi connectivity index (χ0n) is 15.3. The minimum absolute atomic E-state index is 0.0568. The first-order valence-corrected chi connectivity index (χ1v) is 8.21. The molecule has 8 heteroatoms. The molecule has 0 bridgehead atoms. The number of methoxy groups -OCH3 is 1. The summed E-state index contributed by atoms with van der Waals surface area (Å²) in [5, 5.41) is 10.6. The van der Waals surface area contributed by atoms with E-state index >= 15 is 0 Å². The predicted octanol–water partition coefficient (Wildman–Crippen LogP) is 4.02. The van der Waals surface area contributed by atoms with Crippen LogP contribution in [-0.4, -0.2) is 29.0 Å². The molecule has 0 fully saturated rings. The van der Waals surface area contributed by atoms with Crippen molar-refractivity contribution in [3.63, 3.8) is 0 Å². The van der Waals surface area contributed by atoms with Gasteiger partial charge in [-0.15, -0.1) is 0 Å². The highest BCUT2D eigenvalue weighted by atomic mass is 19.4. The number of nitrogen functional groups attached to an aromatic ring is 1. The number of rotatable bonds is 6. The number of pyridine rings is 1. The highest BCUT2D eigenvalue weighted by molar-refractivity contribution is 5.45. The van der Waals surface area contributed by atoms with E-state index in [9.17, 15) is 22.7 Å². The topological polar surface area (TPSA) is 68.4 Å². The number of anilines is 1. The van der Waals surface area contributed by atoms with Crippen molar-refractivity contribution in [2.24, 2.45) is 0 Å². The van der Waals surface area contributed by atoms with E-state index < -0.39 is 35.9 Å². The molecule has 148 valence electrons. The van der Waals surface area contributed by atoms with E-state index in [0.717, 1.165) is 12.1 Å². The molecule has 1 unspecified atom stereocenters. The van der Waals surface area contributed by atoms with Crippen molar-refractivity contribution >= 4 is 5.69 Å². The molecule has 27 heavy (non-hydrogen) atoms. The lowest BCUT2D eigenvalue weighted by atomic mass is 9.72. The number of nitrogens with zero attached hydrogens (tertiary/aromatic N) is 1. The number of hydrogen-bond donors (Lipinski definition) is 2. The van der Waals surface area contributed by atoms with Gasteiger partial charge in [0.15, 0.2) is 5.60 Å². The summed E-state index contributed by atoms with van der Waals surface area (Å²) in [5.41, 5.74) is 1.79. The number of ether oxygens (including phenoxy) is 1. The molecule has 2 rings (SSSR count). The fourth-order valence-corrected chi connectivity index (χ4v) is 3.21. The maximum atomic E-state index is 13.8. The van der Waals surface area contributed by atoms with Gasteiger partial charge in [0, 0.05) is 18.2 Å². The number of alkyl halides is 3. The van der Waals surface area contributed by atoms with E-state index in [4.69, 9.17) is 10.5 Å². The van der Waals surface area contributed by atoms with Crippen LogP contribution in [-0.2, 0) is 11.8 Å². The molecule has 0 aliphatic carbocycles. The molecule has 0 saturated heterocycles. The Morgan fingerprint density at radius 3 is 2.41 bits per heavy atom. The van der Waals surface area contributed by atoms with E-state index in [-0.39, 0.29) is 22.6 Å². The van der Waals surface area contributed by atoms with Gasteiger partial charge in [-0.1, -0.05) is 13.8 Å². The largest absolute Gasteiger partial charge is 0.496 e. The summed E-state index contributed by atoms with van der Waals surface area (Å²) in [7, 11) is 1.35. The Hall–Kier alpha value is -2.35. The van der Waals surface area contributed by atoms with Gasteiger partial charge in [0.1, 0.15) is 11.6 Å². The minimum Gasteiger partial charge on any atom is -0.496 e. The molecule has 1 atom stereocenters. The molecule has 0 saturated carbocycles. The molecule has 0 amide bonds. The summed E-state index contributed by atoms with van der Waals surface area (Å²) in [6, 6.07) is 4.96. The number of nitrogens with two attached hydrogens (primary N) is 1. The second-order valence-electron chi connectivity index (χ2n) is 7.19. The van der Waals surface area contributed by atoms with Crippen molar-refractivity contribution < 1.29 is 27.4 Å². The van der Waals surface area contributed by atoms with Gasteiger partial charge in [0.25, 0.3) is 0 Å². The fourth-order valence-electron chi connectivity index (χ4n) is 3.21. The molecule has 0 spiro atoms. The zero-order chi connectivity index (χ0) is 20.5. The van der Waals surface area contributed by atoms with Crippen molar-refractivity contribution in [1.29, 1.82) is 0 Å². The molecule has 0 radical (unpaired) electrons. The molecule has 2 aromatic rings. The first kappa shape index (κ1) is 21.0. The van der Waals surface area contributed by atoms with Gasteiger partial charge in [0.2, 0.25) is 0 Å². The van der Waals surface area contributed by atoms with E-state index in [2.05, 4.69) is 4.98 Å². The number of benzene rings is 1. The highest BCUT2D eigenvalue weighted by Crippen LogP contribution is 2.45. The third-order valence-electron chi connectivity index (χ3n) is 4.58. The summed E-state index contributed by atoms with van der Waals surface area (Å²) >= 11 is 0. The van der Waals surface area contributed by atoms with Gasteiger partial charge in [-0.3, -0.25) is 4.98 Å². The molecule has 1 aromatic heterocycles. The lowest BCUT2D eigenvalue weighted by Crippen LogP contribution is -2.51. The van der Waals surface area contributed by atoms with Gasteiger partial charge in [-0.25, -0.2) is 4.39 Å². The standard InChI is InChI=1S/C19H22F4N2O2/c1-17(2,14-8-13(20)4-5-16(14)27-3)11-18(26,19(21,22)23)9-12-6-7-25-10-15(12)24/h4-8,10,26H,9,11,24H2,1-3H3. The average Bonchev–Trinajstić information content (AvgIpc) is 2.55. The van der Waals surface area contributed by atoms with Gasteiger partial charge >= 0.3 is 6.18 Å². The monoisotopic (exact) mass is 386 g/mol. The summed E-state index contributed by atoms with van der Waals surface area (Å²) in [6.07, 6.45) is -3.85. The smallest absolute Gasteiger partial charge is 0.417 e. The van der Waals surface area contributed by atoms with Crippen LogP contribution in [0.15, 0.2) is 36.7 Å². The normalized spacial score (nSPS) is 14.7. The van der Waals surface area contributed by atoms with Crippen molar-refractivity contribution in [1.82, 2.24) is 4.98 Å². The van der Waals surface area contributed by atoms with E-state index in [1.54, 1.807) is 0 Å². The van der Waals surface area contributed by atoms with Crippen LogP contribution in [0.1, 0.15) is 31.4 Å². The highest BCUT2D eigenvalue weighted by Gasteiger charge is 2.56. The molecular formula is C19H22F4N2O2. The molecule has 0 aliphatic rings. The summed E-state index contributed by atoms with van der Waals surface area (Å²) < 4.78 is 60.3. The van der Waals surface area contributed by atoms with Gasteiger partial charge < -0.3 is 15.6 Å². The third kappa shape index (κ3) is 4.50. The van der Waals surface area contributed by atoms with Gasteiger partial charge in [-0.05, 0) is 41.7 Å². The lowest BCUT2D eigenvalue weighted by molar-refractivity contribution is -0.266. The average molecular weight is 386 g/mol. The van der Waals surface area contributed by atoms with Crippen LogP contribution in [0.2, 0.25) is 0 Å². The Morgan fingerprint density at radius 1 is 1.19 bits per heavy atom. The van der Waals surface area contributed by atoms with E-state index in [1.165, 1.54) is 45.5 Å². The number of aliphatic hydroxyl groups is 1. The maximum Gasteiger partial charge on any atom is 0.417 e. The predicted molar refractivity (Wildman–Crippen MR) is 94.0 cm³/mol. The molecule has 1 aromatic carbocycles. The van der Waals surface area contributed by atoms with Crippen LogP contribution in [0.5, 0.6) is 5.75 Å². The fraction of sp³-hybridized carbons (Fsp3) is 0.421. The summed E-state index contributed by atoms with van der Waals surface area (Å²) in [4.78, 5) is 3.75. The first-order chi connectivity index (χ1) is 12.4. The second kappa shape index (κ2) is 7.34. The van der Waals surface area contributed by atoms with Crippen LogP contribution in [0.3, 0.4) is 0 Å². The van der Waals surface area contributed by atoms with E-state index in [0.29, 0.717) is 0 Å². The van der Waals surface area contributed by atoms with E-state index in [1.807, 2.05) is 0 Å². The van der Waals surface area contributed by atoms with Crippen LogP contribution >= 0.6 is 0 Å². The number of aromatic nitrogens is 1. The van der Waals surface area contributed by atoms with Crippen molar-refractivity contribution in [2.75, 3.05) is 12.8 Å². The van der Waals surface area contributed by atoms with Crippen LogP contribution < -0.4 is 10.5 Å². The quantitative estimate of drug-likeness (QED) is 0.736. The number of halogens is 4. The minimum atomic E-state index is -4.93. The molecule has 0 aliphatic heterocycles. The van der Waals surface area contributed by atoms with Crippen molar-refractivity contribution in [3.05, 3.63) is 53.6 Å². The summed E-state index contributed by atoms with van der Waals surface area (Å²) in [5.74, 6) is -0.359. The van der Waals surface area contributed by atoms with Crippen LogP contribution in [0.25, 0.3) is 0 Å². The van der Waals surface area contributed by atoms with Crippen LogP contribution in [0, 0.1) is 5.82 Å². The van der Waals surface area contributed by atoms with Gasteiger partial charge in [-0.2, -0.15) is 13.2 Å². The number of hydrogen-bond acceptors (Lipinski definition) is 4. The Labute approximate surface area is 155 Å². The Kier molecular flexibility index (Phi) is 5.70. The zero-order valence-corrected chi connectivity index (χ0v) is 15.3. The Balaban J connectivity index is 2.47. The first-order valence-electron chi connectivity index (χ1n) is 8.21. The lowest BCUT2D eigenvalue weighted by Gasteiger charge is -2.38. The van der Waals surface area contributed by atoms with Crippen LogP contribution in [0.4, 0.5) is 23.2 Å². The molecule has 1 heterocycles. The van der Waals surface area contributed by atoms with Crippen molar-refractivity contribution in [3.8, 4) is 5.75 Å². The molecule has 4 nitrogen and oxygen atoms in total. The SMILES string of the molecule is COc1ccc(F)cc1C(C)(C)CC(O)(Cc1ccncc1N)C(F)(F)F. The Bertz CT molecular complexity index is 809. The summed E-state index contributed by atoms with van der Waals surface area (Å²) in [6.45, 7) is 2.99. The Morgan fingerprint density at radius 2 is 1.85 bits per heavy atom. The van der Waals surface area contributed by atoms with Crippen molar-refractivity contribution in [2.45, 2.75) is 43.9 Å². The van der Waals surface area contributed by atoms with Gasteiger partial charge in [0.05, 0.1) is 19.0 Å².